The van der Waals surface area contributed by atoms with E-state index in [0.29, 0.717) is 56.9 Å². The summed E-state index contributed by atoms with van der Waals surface area (Å²) in [5, 5.41) is 0. The molecule has 6 rings (SSSR count). The normalized spacial score (nSPS) is 17.8. The number of nitrogens with zero attached hydrogens (tertiary/aromatic N) is 3. The van der Waals surface area contributed by atoms with Crippen molar-refractivity contribution in [2.75, 3.05) is 62.3 Å². The molecule has 1 saturated heterocycles. The highest BCUT2D eigenvalue weighted by Gasteiger charge is 2.74. The number of fused-ring (bicyclic) bond motifs is 1. The number of aromatic nitrogens is 1. The SMILES string of the molecule is COc1cc(-c2cc(CN3CCN(C/C=C/c4ccc(OC)c(OC)c4OC)C4(OC(=O)C=CC(=O)O4)C34OC(=O)C=CC(=O)O4)ccn2)cc(OC)c1OC. The first-order chi connectivity index (χ1) is 27.0. The quantitative estimate of drug-likeness (QED) is 0.245. The van der Waals surface area contributed by atoms with Gasteiger partial charge in [-0.15, -0.1) is 0 Å². The van der Waals surface area contributed by atoms with Crippen molar-refractivity contribution in [3.63, 3.8) is 0 Å². The van der Waals surface area contributed by atoms with Gasteiger partial charge in [0.2, 0.25) is 11.5 Å². The van der Waals surface area contributed by atoms with Gasteiger partial charge >= 0.3 is 35.7 Å². The van der Waals surface area contributed by atoms with Gasteiger partial charge in [-0.3, -0.25) is 4.98 Å². The number of rotatable bonds is 12. The summed E-state index contributed by atoms with van der Waals surface area (Å²) in [4.78, 5) is 60.5. The van der Waals surface area contributed by atoms with Gasteiger partial charge in [-0.2, -0.15) is 0 Å². The molecule has 2 aromatic carbocycles. The number of carbonyl (C=O) groups excluding carboxylic acids is 4. The zero-order chi connectivity index (χ0) is 40.0. The zero-order valence-electron chi connectivity index (χ0n) is 31.4. The molecule has 0 radical (unpaired) electrons. The molecule has 1 aromatic heterocycles. The van der Waals surface area contributed by atoms with Crippen molar-refractivity contribution in [3.05, 3.63) is 84.1 Å². The molecule has 3 aromatic rings. The zero-order valence-corrected chi connectivity index (χ0v) is 31.4. The number of carbonyl (C=O) groups is 4. The summed E-state index contributed by atoms with van der Waals surface area (Å²) in [7, 11) is 8.94. The number of piperazine rings is 1. The minimum absolute atomic E-state index is 0.0280. The van der Waals surface area contributed by atoms with Crippen molar-refractivity contribution < 1.29 is 66.5 Å². The number of hydrogen-bond acceptors (Lipinski definition) is 17. The predicted molar refractivity (Wildman–Crippen MR) is 195 cm³/mol. The van der Waals surface area contributed by atoms with Gasteiger partial charge in [0.1, 0.15) is 0 Å². The molecule has 0 atom stereocenters. The summed E-state index contributed by atoms with van der Waals surface area (Å²) < 4.78 is 56.7. The molecule has 2 spiro atoms. The van der Waals surface area contributed by atoms with E-state index in [4.69, 9.17) is 47.4 Å². The lowest BCUT2D eigenvalue weighted by atomic mass is 10.1. The molecule has 294 valence electrons. The van der Waals surface area contributed by atoms with E-state index in [-0.39, 0.29) is 26.2 Å². The second-order valence-electron chi connectivity index (χ2n) is 12.2. The van der Waals surface area contributed by atoms with Crippen LogP contribution < -0.4 is 28.4 Å². The number of benzene rings is 2. The molecule has 0 bridgehead atoms. The Bertz CT molecular complexity index is 2050. The van der Waals surface area contributed by atoms with Crippen LogP contribution in [0.15, 0.2) is 73.0 Å². The maximum atomic E-state index is 13.3. The molecule has 3 aliphatic heterocycles. The first-order valence-corrected chi connectivity index (χ1v) is 17.0. The third kappa shape index (κ3) is 7.28. The second kappa shape index (κ2) is 16.4. The first kappa shape index (κ1) is 39.1. The van der Waals surface area contributed by atoms with Crippen molar-refractivity contribution in [2.24, 2.45) is 0 Å². The van der Waals surface area contributed by atoms with E-state index < -0.39 is 35.7 Å². The Morgan fingerprint density at radius 3 is 1.66 bits per heavy atom. The molecule has 0 aliphatic carbocycles. The van der Waals surface area contributed by atoms with Crippen LogP contribution in [0, 0.1) is 0 Å². The monoisotopic (exact) mass is 773 g/mol. The topological polar surface area (TPSA) is 180 Å². The van der Waals surface area contributed by atoms with Gasteiger partial charge in [0, 0.05) is 67.8 Å². The Labute approximate surface area is 321 Å². The van der Waals surface area contributed by atoms with Crippen molar-refractivity contribution in [1.29, 1.82) is 0 Å². The van der Waals surface area contributed by atoms with Crippen LogP contribution in [0.3, 0.4) is 0 Å². The van der Waals surface area contributed by atoms with E-state index in [2.05, 4.69) is 4.98 Å². The number of ether oxygens (including phenoxy) is 10. The van der Waals surface area contributed by atoms with Gasteiger partial charge < -0.3 is 47.4 Å². The molecular weight excluding hydrogens is 734 g/mol. The Morgan fingerprint density at radius 2 is 1.14 bits per heavy atom. The molecule has 1 fully saturated rings. The lowest BCUT2D eigenvalue weighted by molar-refractivity contribution is -0.463. The number of methoxy groups -OCH3 is 6. The van der Waals surface area contributed by atoms with Crippen LogP contribution in [0.2, 0.25) is 0 Å². The molecule has 4 heterocycles. The first-order valence-electron chi connectivity index (χ1n) is 17.0. The lowest BCUT2D eigenvalue weighted by Crippen LogP contribution is -2.80. The molecular formula is C39H39N3O14. The van der Waals surface area contributed by atoms with Crippen molar-refractivity contribution in [1.82, 2.24) is 14.8 Å². The van der Waals surface area contributed by atoms with E-state index in [1.807, 2.05) is 0 Å². The molecule has 0 amide bonds. The smallest absolute Gasteiger partial charge is 0.420 e. The van der Waals surface area contributed by atoms with E-state index >= 15 is 0 Å². The van der Waals surface area contributed by atoms with Gasteiger partial charge in [0.05, 0.1) is 48.4 Å². The van der Waals surface area contributed by atoms with Crippen molar-refractivity contribution >= 4 is 30.0 Å². The van der Waals surface area contributed by atoms with Crippen molar-refractivity contribution in [3.8, 4) is 45.8 Å². The summed E-state index contributed by atoms with van der Waals surface area (Å²) in [5.74, 6) is -7.12. The molecule has 17 nitrogen and oxygen atoms in total. The van der Waals surface area contributed by atoms with Gasteiger partial charge in [0.15, 0.2) is 23.0 Å². The molecule has 56 heavy (non-hydrogen) atoms. The van der Waals surface area contributed by atoms with Crippen LogP contribution in [0.5, 0.6) is 34.5 Å². The van der Waals surface area contributed by atoms with Crippen LogP contribution in [-0.4, -0.2) is 113 Å². The molecule has 0 saturated carbocycles. The van der Waals surface area contributed by atoms with E-state index in [9.17, 15) is 19.2 Å². The molecule has 0 N–H and O–H groups in total. The Hall–Kier alpha value is -6.59. The van der Waals surface area contributed by atoms with Gasteiger partial charge in [-0.25, -0.2) is 29.0 Å². The summed E-state index contributed by atoms with van der Waals surface area (Å²) in [6.45, 7) is -0.142. The van der Waals surface area contributed by atoms with Crippen LogP contribution in [0.25, 0.3) is 17.3 Å². The van der Waals surface area contributed by atoms with E-state index in [0.717, 1.165) is 24.3 Å². The summed E-state index contributed by atoms with van der Waals surface area (Å²) in [6, 6.07) is 10.3. The summed E-state index contributed by atoms with van der Waals surface area (Å²) in [6.07, 6.45) is 8.36. The number of pyridine rings is 1. The average molecular weight is 774 g/mol. The van der Waals surface area contributed by atoms with Crippen LogP contribution in [0.1, 0.15) is 11.1 Å². The largest absolute Gasteiger partial charge is 0.493 e. The minimum Gasteiger partial charge on any atom is -0.493 e. The maximum absolute atomic E-state index is 13.3. The van der Waals surface area contributed by atoms with Gasteiger partial charge in [-0.05, 0) is 42.0 Å². The predicted octanol–water partition coefficient (Wildman–Crippen LogP) is 3.25. The molecule has 0 unspecified atom stereocenters. The third-order valence-corrected chi connectivity index (χ3v) is 9.05. The Morgan fingerprint density at radius 1 is 0.625 bits per heavy atom. The highest BCUT2D eigenvalue weighted by atomic mass is 16.8. The third-order valence-electron chi connectivity index (χ3n) is 9.05. The fraction of sp³-hybridized carbons (Fsp3) is 0.308. The highest BCUT2D eigenvalue weighted by molar-refractivity contribution is 5.95. The fourth-order valence-corrected chi connectivity index (χ4v) is 6.58. The summed E-state index contributed by atoms with van der Waals surface area (Å²) >= 11 is 0. The van der Waals surface area contributed by atoms with Gasteiger partial charge in [-0.1, -0.05) is 12.2 Å². The lowest BCUT2D eigenvalue weighted by Gasteiger charge is -2.55. The Balaban J connectivity index is 1.43. The van der Waals surface area contributed by atoms with E-state index in [1.165, 1.54) is 52.5 Å². The second-order valence-corrected chi connectivity index (χ2v) is 12.2. The van der Waals surface area contributed by atoms with Crippen molar-refractivity contribution in [2.45, 2.75) is 18.4 Å². The van der Waals surface area contributed by atoms with Crippen LogP contribution >= 0.6 is 0 Å². The fourth-order valence-electron chi connectivity index (χ4n) is 6.58. The van der Waals surface area contributed by atoms with Gasteiger partial charge in [0.25, 0.3) is 0 Å². The molecule has 3 aliphatic rings. The minimum atomic E-state index is -2.68. The summed E-state index contributed by atoms with van der Waals surface area (Å²) in [5.41, 5.74) is 2.28. The average Bonchev–Trinajstić information content (AvgIpc) is 3.46. The standard InChI is InChI=1S/C39H39N3O14/c1-47-28-10-9-25(35(50-4)37(28)52-6)8-7-17-41-18-19-42(23-24-15-16-40-27(20-24)26-21-29(48-2)36(51-5)30(22-26)49-3)39(55-33(45)13-14-34(46)56-39)38(41)53-31(43)11-12-32(44)54-38/h7-16,20-22H,17-19,23H2,1-6H3/b8-7+. The highest BCUT2D eigenvalue weighted by Crippen LogP contribution is 2.46. The maximum Gasteiger partial charge on any atom is 0.420 e. The van der Waals surface area contributed by atoms with E-state index in [1.54, 1.807) is 54.7 Å². The Kier molecular flexibility index (Phi) is 11.5. The van der Waals surface area contributed by atoms with Crippen LogP contribution in [-0.2, 0) is 44.7 Å². The van der Waals surface area contributed by atoms with Crippen LogP contribution in [0.4, 0.5) is 0 Å². The molecule has 17 heteroatoms. The number of esters is 4. The number of hydrogen-bond donors (Lipinski definition) is 0.